The van der Waals surface area contributed by atoms with Crippen LogP contribution in [-0.2, 0) is 0 Å². The summed E-state index contributed by atoms with van der Waals surface area (Å²) >= 11 is 11.9. The smallest absolute Gasteiger partial charge is 0.254 e. The number of hydrogen-bond donors (Lipinski definition) is 0. The van der Waals surface area contributed by atoms with Crippen LogP contribution < -0.4 is 4.90 Å². The summed E-state index contributed by atoms with van der Waals surface area (Å²) in [4.78, 5) is 20.7. The largest absolute Gasteiger partial charge is 0.353 e. The van der Waals surface area contributed by atoms with E-state index in [0.717, 1.165) is 5.82 Å². The molecule has 0 atom stereocenters. The zero-order valence-corrected chi connectivity index (χ0v) is 14.3. The Bertz CT molecular complexity index is 793. The first kappa shape index (κ1) is 16.6. The van der Waals surface area contributed by atoms with Crippen molar-refractivity contribution in [1.82, 2.24) is 9.88 Å². The van der Waals surface area contributed by atoms with E-state index >= 15 is 0 Å². The molecule has 0 saturated carbocycles. The summed E-state index contributed by atoms with van der Waals surface area (Å²) < 4.78 is 0. The Morgan fingerprint density at radius 1 is 1.08 bits per heavy atom. The van der Waals surface area contributed by atoms with Crippen molar-refractivity contribution in [3.05, 3.63) is 57.7 Å². The zero-order chi connectivity index (χ0) is 17.1. The Morgan fingerprint density at radius 2 is 1.83 bits per heavy atom. The molecule has 0 unspecified atom stereocenters. The van der Waals surface area contributed by atoms with Gasteiger partial charge >= 0.3 is 0 Å². The van der Waals surface area contributed by atoms with Gasteiger partial charge in [0.05, 0.1) is 15.6 Å². The van der Waals surface area contributed by atoms with E-state index < -0.39 is 0 Å². The molecule has 0 radical (unpaired) electrons. The second-order valence-corrected chi connectivity index (χ2v) is 6.24. The summed E-state index contributed by atoms with van der Waals surface area (Å²) in [6.45, 7) is 2.57. The summed E-state index contributed by atoms with van der Waals surface area (Å²) in [7, 11) is 0. The third-order valence-electron chi connectivity index (χ3n) is 3.93. The summed E-state index contributed by atoms with van der Waals surface area (Å²) in [6.07, 6.45) is 1.56. The highest BCUT2D eigenvalue weighted by molar-refractivity contribution is 6.42. The van der Waals surface area contributed by atoms with Gasteiger partial charge in [0.15, 0.2) is 0 Å². The topological polar surface area (TPSA) is 60.2 Å². The van der Waals surface area contributed by atoms with Crippen molar-refractivity contribution in [2.75, 3.05) is 31.1 Å². The van der Waals surface area contributed by atoms with Gasteiger partial charge in [-0.2, -0.15) is 5.26 Å². The quantitative estimate of drug-likeness (QED) is 0.824. The molecular weight excluding hydrogens is 347 g/mol. The summed E-state index contributed by atoms with van der Waals surface area (Å²) in [5.74, 6) is 0.761. The lowest BCUT2D eigenvalue weighted by molar-refractivity contribution is 0.0746. The first-order valence-electron chi connectivity index (χ1n) is 7.44. The van der Waals surface area contributed by atoms with Gasteiger partial charge in [0.25, 0.3) is 5.91 Å². The fourth-order valence-corrected chi connectivity index (χ4v) is 2.89. The molecule has 1 saturated heterocycles. The highest BCUT2D eigenvalue weighted by Crippen LogP contribution is 2.24. The van der Waals surface area contributed by atoms with Crippen LogP contribution >= 0.6 is 23.2 Å². The minimum absolute atomic E-state index is 0.0546. The van der Waals surface area contributed by atoms with E-state index in [1.807, 2.05) is 6.07 Å². The van der Waals surface area contributed by atoms with Crippen molar-refractivity contribution >= 4 is 34.9 Å². The third kappa shape index (κ3) is 3.45. The van der Waals surface area contributed by atoms with E-state index in [2.05, 4.69) is 16.0 Å². The number of nitrogens with zero attached hydrogens (tertiary/aromatic N) is 4. The van der Waals surface area contributed by atoms with E-state index in [0.29, 0.717) is 47.4 Å². The van der Waals surface area contributed by atoms with Crippen molar-refractivity contribution in [2.24, 2.45) is 0 Å². The maximum Gasteiger partial charge on any atom is 0.254 e. The Hall–Kier alpha value is -2.29. The van der Waals surface area contributed by atoms with Crippen LogP contribution in [0.1, 0.15) is 15.9 Å². The molecule has 0 aliphatic carbocycles. The Kier molecular flexibility index (Phi) is 4.89. The molecule has 5 nitrogen and oxygen atoms in total. The molecule has 122 valence electrons. The van der Waals surface area contributed by atoms with E-state index in [1.165, 1.54) is 0 Å². The second kappa shape index (κ2) is 7.08. The molecular formula is C17H14Cl2N4O. The highest BCUT2D eigenvalue weighted by atomic mass is 35.5. The molecule has 1 amide bonds. The van der Waals surface area contributed by atoms with Gasteiger partial charge < -0.3 is 9.80 Å². The fraction of sp³-hybridized carbons (Fsp3) is 0.235. The molecule has 3 rings (SSSR count). The Morgan fingerprint density at radius 3 is 2.42 bits per heavy atom. The summed E-state index contributed by atoms with van der Waals surface area (Å²) in [6, 6.07) is 10.5. The predicted molar refractivity (Wildman–Crippen MR) is 93.5 cm³/mol. The number of hydrogen-bond acceptors (Lipinski definition) is 4. The van der Waals surface area contributed by atoms with E-state index in [9.17, 15) is 4.79 Å². The third-order valence-corrected chi connectivity index (χ3v) is 4.67. The molecule has 0 N–H and O–H groups in total. The van der Waals surface area contributed by atoms with E-state index in [-0.39, 0.29) is 5.91 Å². The number of pyridine rings is 1. The molecule has 24 heavy (non-hydrogen) atoms. The van der Waals surface area contributed by atoms with Crippen molar-refractivity contribution in [3.8, 4) is 6.07 Å². The number of carbonyl (C=O) groups is 1. The van der Waals surface area contributed by atoms with Crippen LogP contribution in [-0.4, -0.2) is 42.0 Å². The second-order valence-electron chi connectivity index (χ2n) is 5.43. The van der Waals surface area contributed by atoms with Gasteiger partial charge in [-0.25, -0.2) is 4.98 Å². The van der Waals surface area contributed by atoms with Crippen LogP contribution in [0.4, 0.5) is 5.82 Å². The number of rotatable bonds is 2. The number of carbonyl (C=O) groups excluding carboxylic acids is 1. The molecule has 0 spiro atoms. The van der Waals surface area contributed by atoms with Crippen molar-refractivity contribution in [2.45, 2.75) is 0 Å². The van der Waals surface area contributed by atoms with Crippen LogP contribution in [0, 0.1) is 11.3 Å². The number of piperazine rings is 1. The number of amides is 1. The van der Waals surface area contributed by atoms with Crippen LogP contribution in [0.3, 0.4) is 0 Å². The molecule has 0 bridgehead atoms. The van der Waals surface area contributed by atoms with Gasteiger partial charge in [-0.15, -0.1) is 0 Å². The van der Waals surface area contributed by atoms with Crippen LogP contribution in [0.5, 0.6) is 0 Å². The maximum absolute atomic E-state index is 12.5. The molecule has 1 aliphatic heterocycles. The van der Waals surface area contributed by atoms with Crippen LogP contribution in [0.2, 0.25) is 10.0 Å². The number of halogens is 2. The molecule has 2 aromatic rings. The van der Waals surface area contributed by atoms with Gasteiger partial charge in [-0.3, -0.25) is 4.79 Å². The van der Waals surface area contributed by atoms with Crippen molar-refractivity contribution in [1.29, 1.82) is 5.26 Å². The molecule has 2 heterocycles. The van der Waals surface area contributed by atoms with Gasteiger partial charge in [0.2, 0.25) is 0 Å². The Labute approximate surface area is 150 Å². The lowest BCUT2D eigenvalue weighted by Crippen LogP contribution is -2.49. The molecule has 1 aliphatic rings. The SMILES string of the molecule is N#Cc1ccc(N2CCN(C(=O)c3ccc(Cl)c(Cl)c3)CC2)nc1. The minimum atomic E-state index is -0.0546. The van der Waals surface area contributed by atoms with Crippen LogP contribution in [0.15, 0.2) is 36.5 Å². The maximum atomic E-state index is 12.5. The molecule has 1 aromatic carbocycles. The highest BCUT2D eigenvalue weighted by Gasteiger charge is 2.23. The standard InChI is InChI=1S/C17H14Cl2N4O/c18-14-3-2-13(9-15(14)19)17(24)23-7-5-22(6-8-23)16-4-1-12(10-20)11-21-16/h1-4,9,11H,5-8H2. The van der Waals surface area contributed by atoms with Gasteiger partial charge in [-0.05, 0) is 30.3 Å². The van der Waals surface area contributed by atoms with E-state index in [4.69, 9.17) is 28.5 Å². The molecule has 7 heteroatoms. The molecule has 1 fully saturated rings. The van der Waals surface area contributed by atoms with Crippen LogP contribution in [0.25, 0.3) is 0 Å². The number of benzene rings is 1. The number of nitriles is 1. The lowest BCUT2D eigenvalue weighted by atomic mass is 10.2. The van der Waals surface area contributed by atoms with E-state index in [1.54, 1.807) is 35.4 Å². The lowest BCUT2D eigenvalue weighted by Gasteiger charge is -2.35. The van der Waals surface area contributed by atoms with Crippen molar-refractivity contribution in [3.63, 3.8) is 0 Å². The number of aromatic nitrogens is 1. The molecule has 1 aromatic heterocycles. The van der Waals surface area contributed by atoms with Gasteiger partial charge in [0.1, 0.15) is 11.9 Å². The number of anilines is 1. The minimum Gasteiger partial charge on any atom is -0.353 e. The summed E-state index contributed by atoms with van der Waals surface area (Å²) in [5, 5.41) is 9.63. The predicted octanol–water partition coefficient (Wildman–Crippen LogP) is 3.22. The fourth-order valence-electron chi connectivity index (χ4n) is 2.59. The van der Waals surface area contributed by atoms with Crippen molar-refractivity contribution < 1.29 is 4.79 Å². The normalized spacial score (nSPS) is 14.4. The average molecular weight is 361 g/mol. The summed E-state index contributed by atoms with van der Waals surface area (Å²) in [5.41, 5.74) is 1.07. The first-order valence-corrected chi connectivity index (χ1v) is 8.19. The average Bonchev–Trinajstić information content (AvgIpc) is 2.63. The first-order chi connectivity index (χ1) is 11.6. The van der Waals surface area contributed by atoms with Gasteiger partial charge in [0, 0.05) is 37.9 Å². The monoisotopic (exact) mass is 360 g/mol. The Balaban J connectivity index is 1.64. The van der Waals surface area contributed by atoms with Gasteiger partial charge in [-0.1, -0.05) is 23.2 Å². The zero-order valence-electron chi connectivity index (χ0n) is 12.7.